The molecule has 0 bridgehead atoms. The van der Waals surface area contributed by atoms with Crippen molar-refractivity contribution in [3.05, 3.63) is 29.8 Å². The topological polar surface area (TPSA) is 24.9 Å². The second kappa shape index (κ2) is 5.05. The summed E-state index contributed by atoms with van der Waals surface area (Å²) in [5.74, 6) is 0.263. The molecule has 0 saturated carbocycles. The van der Waals surface area contributed by atoms with E-state index in [1.165, 1.54) is 12.3 Å². The Bertz CT molecular complexity index is 265. The first-order valence-electron chi connectivity index (χ1n) is 4.68. The van der Waals surface area contributed by atoms with Crippen molar-refractivity contribution in [3.63, 3.8) is 0 Å². The molecule has 1 aromatic rings. The van der Waals surface area contributed by atoms with Crippen LogP contribution in [-0.4, -0.2) is 18.1 Å². The van der Waals surface area contributed by atoms with E-state index in [-0.39, 0.29) is 13.2 Å². The van der Waals surface area contributed by atoms with E-state index in [0.717, 1.165) is 31.6 Å². The average Bonchev–Trinajstić information content (AvgIpc) is 2.20. The zero-order valence-electron chi connectivity index (χ0n) is 7.46. The lowest BCUT2D eigenvalue weighted by atomic mass is 9.94. The molecule has 0 spiro atoms. The third-order valence-corrected chi connectivity index (χ3v) is 2.51. The van der Waals surface area contributed by atoms with E-state index in [1.54, 1.807) is 6.07 Å². The van der Waals surface area contributed by atoms with Crippen molar-refractivity contribution in [3.8, 4) is 0 Å². The normalized spacial score (nSPS) is 17.5. The summed E-state index contributed by atoms with van der Waals surface area (Å²) < 4.78 is 12.6. The summed E-state index contributed by atoms with van der Waals surface area (Å²) >= 11 is 0. The summed E-state index contributed by atoms with van der Waals surface area (Å²) in [6, 6.07) is 3.29. The van der Waals surface area contributed by atoms with E-state index in [1.807, 2.05) is 0 Å². The van der Waals surface area contributed by atoms with Gasteiger partial charge in [0.15, 0.2) is 0 Å². The standard InChI is InChI=1S/C10H13FN2.CH4/c11-9-1-2-10(13-7-9)8-3-5-12-6-4-8;/h1-2,7-8,12H,3-6H2;1H4. The van der Waals surface area contributed by atoms with E-state index in [0.29, 0.717) is 5.92 Å². The SMILES string of the molecule is C.Fc1ccc(C2CCNCC2)nc1. The molecular weight excluding hydrogens is 179 g/mol. The van der Waals surface area contributed by atoms with Gasteiger partial charge in [0.05, 0.1) is 6.20 Å². The Morgan fingerprint density at radius 1 is 1.29 bits per heavy atom. The maximum absolute atomic E-state index is 12.6. The van der Waals surface area contributed by atoms with E-state index < -0.39 is 0 Å². The fourth-order valence-electron chi connectivity index (χ4n) is 1.75. The second-order valence-electron chi connectivity index (χ2n) is 3.43. The van der Waals surface area contributed by atoms with Gasteiger partial charge < -0.3 is 5.32 Å². The average molecular weight is 196 g/mol. The minimum absolute atomic E-state index is 0. The Morgan fingerprint density at radius 3 is 2.57 bits per heavy atom. The molecule has 1 aromatic heterocycles. The quantitative estimate of drug-likeness (QED) is 0.745. The van der Waals surface area contributed by atoms with Crippen LogP contribution in [0.25, 0.3) is 0 Å². The van der Waals surface area contributed by atoms with Gasteiger partial charge in [-0.15, -0.1) is 0 Å². The Labute approximate surface area is 84.6 Å². The molecule has 0 aliphatic carbocycles. The summed E-state index contributed by atoms with van der Waals surface area (Å²) in [6.45, 7) is 2.09. The predicted molar refractivity (Wildman–Crippen MR) is 55.8 cm³/mol. The van der Waals surface area contributed by atoms with Crippen molar-refractivity contribution in [1.29, 1.82) is 0 Å². The number of hydrogen-bond acceptors (Lipinski definition) is 2. The maximum Gasteiger partial charge on any atom is 0.141 e. The van der Waals surface area contributed by atoms with Crippen LogP contribution in [0.15, 0.2) is 18.3 Å². The number of halogens is 1. The molecule has 1 fully saturated rings. The van der Waals surface area contributed by atoms with Gasteiger partial charge in [0, 0.05) is 11.6 Å². The van der Waals surface area contributed by atoms with Crippen molar-refractivity contribution in [2.45, 2.75) is 26.2 Å². The Morgan fingerprint density at radius 2 is 2.00 bits per heavy atom. The molecule has 3 heteroatoms. The highest BCUT2D eigenvalue weighted by atomic mass is 19.1. The second-order valence-corrected chi connectivity index (χ2v) is 3.43. The van der Waals surface area contributed by atoms with Gasteiger partial charge in [-0.05, 0) is 38.1 Å². The monoisotopic (exact) mass is 196 g/mol. The van der Waals surface area contributed by atoms with Crippen LogP contribution in [0.3, 0.4) is 0 Å². The van der Waals surface area contributed by atoms with Crippen LogP contribution in [0.1, 0.15) is 31.9 Å². The number of rotatable bonds is 1. The first-order chi connectivity index (χ1) is 6.36. The lowest BCUT2D eigenvalue weighted by Gasteiger charge is -2.21. The molecule has 0 amide bonds. The zero-order chi connectivity index (χ0) is 9.10. The van der Waals surface area contributed by atoms with Gasteiger partial charge >= 0.3 is 0 Å². The summed E-state index contributed by atoms with van der Waals surface area (Å²) in [7, 11) is 0. The van der Waals surface area contributed by atoms with E-state index in [4.69, 9.17) is 0 Å². The molecule has 0 unspecified atom stereocenters. The van der Waals surface area contributed by atoms with Gasteiger partial charge in [0.2, 0.25) is 0 Å². The maximum atomic E-state index is 12.6. The molecule has 14 heavy (non-hydrogen) atoms. The van der Waals surface area contributed by atoms with E-state index in [2.05, 4.69) is 10.3 Å². The number of aromatic nitrogens is 1. The highest BCUT2D eigenvalue weighted by Gasteiger charge is 2.15. The Balaban J connectivity index is 0.000000980. The highest BCUT2D eigenvalue weighted by Crippen LogP contribution is 2.22. The third-order valence-electron chi connectivity index (χ3n) is 2.51. The van der Waals surface area contributed by atoms with Gasteiger partial charge in [-0.3, -0.25) is 4.98 Å². The molecule has 2 rings (SSSR count). The molecule has 0 atom stereocenters. The van der Waals surface area contributed by atoms with E-state index in [9.17, 15) is 4.39 Å². The molecule has 2 nitrogen and oxygen atoms in total. The lowest BCUT2D eigenvalue weighted by molar-refractivity contribution is 0.452. The van der Waals surface area contributed by atoms with Gasteiger partial charge in [-0.2, -0.15) is 0 Å². The van der Waals surface area contributed by atoms with Gasteiger partial charge in [0.1, 0.15) is 5.82 Å². The first-order valence-corrected chi connectivity index (χ1v) is 4.68. The molecular formula is C11H17FN2. The number of hydrogen-bond donors (Lipinski definition) is 1. The molecule has 0 aromatic carbocycles. The van der Waals surface area contributed by atoms with Crippen molar-refractivity contribution in [2.75, 3.05) is 13.1 Å². The van der Waals surface area contributed by atoms with Gasteiger partial charge in [-0.25, -0.2) is 4.39 Å². The molecule has 2 heterocycles. The van der Waals surface area contributed by atoms with Crippen molar-refractivity contribution in [1.82, 2.24) is 10.3 Å². The minimum atomic E-state index is -0.252. The molecule has 0 radical (unpaired) electrons. The highest BCUT2D eigenvalue weighted by molar-refractivity contribution is 5.11. The molecule has 78 valence electrons. The smallest absolute Gasteiger partial charge is 0.141 e. The van der Waals surface area contributed by atoms with Crippen LogP contribution in [0.4, 0.5) is 4.39 Å². The summed E-state index contributed by atoms with van der Waals surface area (Å²) in [4.78, 5) is 4.10. The predicted octanol–water partition coefficient (Wildman–Crippen LogP) is 2.32. The summed E-state index contributed by atoms with van der Waals surface area (Å²) in [6.07, 6.45) is 3.52. The number of pyridine rings is 1. The number of piperidine rings is 1. The van der Waals surface area contributed by atoms with Crippen LogP contribution < -0.4 is 5.32 Å². The van der Waals surface area contributed by atoms with Gasteiger partial charge in [0.25, 0.3) is 0 Å². The van der Waals surface area contributed by atoms with Crippen LogP contribution in [-0.2, 0) is 0 Å². The molecule has 1 aliphatic rings. The minimum Gasteiger partial charge on any atom is -0.317 e. The van der Waals surface area contributed by atoms with Crippen LogP contribution in [0.2, 0.25) is 0 Å². The zero-order valence-corrected chi connectivity index (χ0v) is 7.46. The third kappa shape index (κ3) is 2.51. The molecule has 1 aliphatic heterocycles. The Kier molecular flexibility index (Phi) is 4.01. The number of nitrogens with zero attached hydrogens (tertiary/aromatic N) is 1. The van der Waals surface area contributed by atoms with Crippen molar-refractivity contribution in [2.24, 2.45) is 0 Å². The van der Waals surface area contributed by atoms with E-state index >= 15 is 0 Å². The van der Waals surface area contributed by atoms with Crippen molar-refractivity contribution >= 4 is 0 Å². The van der Waals surface area contributed by atoms with Crippen molar-refractivity contribution < 1.29 is 4.39 Å². The summed E-state index contributed by atoms with van der Waals surface area (Å²) in [5.41, 5.74) is 1.03. The van der Waals surface area contributed by atoms with Crippen LogP contribution >= 0.6 is 0 Å². The Hall–Kier alpha value is -0.960. The van der Waals surface area contributed by atoms with Crippen LogP contribution in [0, 0.1) is 5.82 Å². The van der Waals surface area contributed by atoms with Gasteiger partial charge in [-0.1, -0.05) is 7.43 Å². The van der Waals surface area contributed by atoms with Crippen LogP contribution in [0.5, 0.6) is 0 Å². The lowest BCUT2D eigenvalue weighted by Crippen LogP contribution is -2.27. The first kappa shape index (κ1) is 11.1. The largest absolute Gasteiger partial charge is 0.317 e. The fraction of sp³-hybridized carbons (Fsp3) is 0.545. The number of nitrogens with one attached hydrogen (secondary N) is 1. The molecule has 1 N–H and O–H groups in total. The fourth-order valence-corrected chi connectivity index (χ4v) is 1.75. The summed E-state index contributed by atoms with van der Waals surface area (Å²) in [5, 5.41) is 3.29. The molecule has 1 saturated heterocycles.